The fourth-order valence-electron chi connectivity index (χ4n) is 4.41. The molecular weight excluding hydrogens is 386 g/mol. The summed E-state index contributed by atoms with van der Waals surface area (Å²) >= 11 is 0. The summed E-state index contributed by atoms with van der Waals surface area (Å²) < 4.78 is 29.7. The van der Waals surface area contributed by atoms with Gasteiger partial charge in [-0.05, 0) is 62.4 Å². The van der Waals surface area contributed by atoms with Gasteiger partial charge in [0.2, 0.25) is 10.0 Å². The van der Waals surface area contributed by atoms with Crippen LogP contribution in [0.4, 0.5) is 0 Å². The molecule has 7 heteroatoms. The molecule has 1 aromatic heterocycles. The van der Waals surface area contributed by atoms with Gasteiger partial charge in [0.15, 0.2) is 5.78 Å². The molecule has 4 rings (SSSR count). The first-order chi connectivity index (χ1) is 13.8. The molecule has 0 bridgehead atoms. The first-order valence-electron chi connectivity index (χ1n) is 10.3. The second-order valence-corrected chi connectivity index (χ2v) is 10.2. The van der Waals surface area contributed by atoms with Crippen molar-refractivity contribution in [1.29, 1.82) is 0 Å². The number of piperazine rings is 1. The number of aryl methyl sites for hydroxylation is 3. The van der Waals surface area contributed by atoms with Gasteiger partial charge in [-0.3, -0.25) is 9.69 Å². The average molecular weight is 416 g/mol. The summed E-state index contributed by atoms with van der Waals surface area (Å²) in [6.45, 7) is 6.26. The molecule has 6 nitrogen and oxygen atoms in total. The van der Waals surface area contributed by atoms with E-state index in [0.29, 0.717) is 37.6 Å². The molecule has 29 heavy (non-hydrogen) atoms. The Morgan fingerprint density at radius 2 is 1.69 bits per heavy atom. The predicted octanol–water partition coefficient (Wildman–Crippen LogP) is 2.32. The van der Waals surface area contributed by atoms with E-state index in [9.17, 15) is 13.2 Å². The Bertz CT molecular complexity index is 1050. The molecule has 1 fully saturated rings. The van der Waals surface area contributed by atoms with Crippen molar-refractivity contribution in [3.63, 3.8) is 0 Å². The highest BCUT2D eigenvalue weighted by Crippen LogP contribution is 2.26. The molecule has 0 saturated carbocycles. The van der Waals surface area contributed by atoms with Gasteiger partial charge >= 0.3 is 0 Å². The average Bonchev–Trinajstić information content (AvgIpc) is 3.28. The van der Waals surface area contributed by atoms with Crippen molar-refractivity contribution >= 4 is 15.8 Å². The molecule has 1 saturated heterocycles. The zero-order valence-electron chi connectivity index (χ0n) is 17.4. The SMILES string of the molecule is Cc1cc(C(=O)CN2CCN(S(=O)(=O)c3ccc4c(c3)CCC4)CC2)c(C)n1C. The molecular formula is C22H29N3O3S. The smallest absolute Gasteiger partial charge is 0.243 e. The van der Waals surface area contributed by atoms with Crippen molar-refractivity contribution in [2.75, 3.05) is 32.7 Å². The zero-order chi connectivity index (χ0) is 20.8. The van der Waals surface area contributed by atoms with E-state index in [2.05, 4.69) is 4.90 Å². The fourth-order valence-corrected chi connectivity index (χ4v) is 5.88. The van der Waals surface area contributed by atoms with E-state index in [0.717, 1.165) is 36.2 Å². The van der Waals surface area contributed by atoms with Gasteiger partial charge in [-0.1, -0.05) is 6.07 Å². The molecule has 1 aliphatic carbocycles. The van der Waals surface area contributed by atoms with Crippen molar-refractivity contribution in [3.05, 3.63) is 52.3 Å². The lowest BCUT2D eigenvalue weighted by Gasteiger charge is -2.33. The maximum atomic E-state index is 13.1. The Balaban J connectivity index is 1.40. The molecule has 1 aliphatic heterocycles. The van der Waals surface area contributed by atoms with Gasteiger partial charge < -0.3 is 4.57 Å². The number of hydrogen-bond acceptors (Lipinski definition) is 4. The molecule has 0 unspecified atom stereocenters. The van der Waals surface area contributed by atoms with Gasteiger partial charge in [0.25, 0.3) is 0 Å². The van der Waals surface area contributed by atoms with Crippen LogP contribution >= 0.6 is 0 Å². The molecule has 0 radical (unpaired) electrons. The third-order valence-electron chi connectivity index (χ3n) is 6.48. The molecule has 0 spiro atoms. The Hall–Kier alpha value is -1.96. The highest BCUT2D eigenvalue weighted by atomic mass is 32.2. The number of sulfonamides is 1. The minimum atomic E-state index is -3.48. The number of carbonyl (C=O) groups is 1. The van der Waals surface area contributed by atoms with Crippen LogP contribution < -0.4 is 0 Å². The van der Waals surface area contributed by atoms with E-state index in [1.54, 1.807) is 10.4 Å². The number of fused-ring (bicyclic) bond motifs is 1. The molecule has 1 aromatic carbocycles. The number of aromatic nitrogens is 1. The molecule has 2 heterocycles. The lowest BCUT2D eigenvalue weighted by atomic mass is 10.1. The predicted molar refractivity (Wildman–Crippen MR) is 113 cm³/mol. The highest BCUT2D eigenvalue weighted by molar-refractivity contribution is 7.89. The minimum absolute atomic E-state index is 0.0983. The Labute approximate surface area is 173 Å². The summed E-state index contributed by atoms with van der Waals surface area (Å²) in [5, 5.41) is 0. The highest BCUT2D eigenvalue weighted by Gasteiger charge is 2.30. The molecule has 0 atom stereocenters. The lowest BCUT2D eigenvalue weighted by Crippen LogP contribution is -2.49. The number of ketones is 1. The third kappa shape index (κ3) is 3.79. The second kappa shape index (κ2) is 7.70. The van der Waals surface area contributed by atoms with Crippen LogP contribution in [0.5, 0.6) is 0 Å². The maximum absolute atomic E-state index is 13.1. The fraction of sp³-hybridized carbons (Fsp3) is 0.500. The van der Waals surface area contributed by atoms with E-state index in [1.807, 2.05) is 43.7 Å². The minimum Gasteiger partial charge on any atom is -0.351 e. The largest absolute Gasteiger partial charge is 0.351 e. The number of carbonyl (C=O) groups excluding carboxylic acids is 1. The Morgan fingerprint density at radius 1 is 1.00 bits per heavy atom. The Morgan fingerprint density at radius 3 is 2.34 bits per heavy atom. The van der Waals surface area contributed by atoms with E-state index in [-0.39, 0.29) is 5.78 Å². The van der Waals surface area contributed by atoms with Crippen LogP contribution in [0, 0.1) is 13.8 Å². The number of Topliss-reactive ketones (excluding diaryl/α,β-unsaturated/α-hetero) is 1. The number of nitrogens with zero attached hydrogens (tertiary/aromatic N) is 3. The summed E-state index contributed by atoms with van der Waals surface area (Å²) in [5.41, 5.74) is 5.25. The molecule has 156 valence electrons. The van der Waals surface area contributed by atoms with E-state index in [1.165, 1.54) is 11.1 Å². The standard InChI is InChI=1S/C22H29N3O3S/c1-16-13-21(17(2)23(16)3)22(26)15-24-9-11-25(12-10-24)29(27,28)20-8-7-18-5-4-6-19(18)14-20/h7-8,13-14H,4-6,9-12,15H2,1-3H3. The van der Waals surface area contributed by atoms with Crippen LogP contribution in [-0.2, 0) is 29.9 Å². The molecule has 0 amide bonds. The third-order valence-corrected chi connectivity index (χ3v) is 8.38. The first kappa shape index (κ1) is 20.3. The van der Waals surface area contributed by atoms with Crippen molar-refractivity contribution in [1.82, 2.24) is 13.8 Å². The number of benzene rings is 1. The first-order valence-corrected chi connectivity index (χ1v) is 11.7. The maximum Gasteiger partial charge on any atom is 0.243 e. The van der Waals surface area contributed by atoms with Crippen LogP contribution in [0.2, 0.25) is 0 Å². The van der Waals surface area contributed by atoms with Gasteiger partial charge in [0.1, 0.15) is 0 Å². The van der Waals surface area contributed by atoms with E-state index < -0.39 is 10.0 Å². The summed E-state index contributed by atoms with van der Waals surface area (Å²) in [5.74, 6) is 0.0983. The zero-order valence-corrected chi connectivity index (χ0v) is 18.3. The molecule has 2 aliphatic rings. The topological polar surface area (TPSA) is 62.6 Å². The van der Waals surface area contributed by atoms with Crippen LogP contribution in [0.25, 0.3) is 0 Å². The second-order valence-electron chi connectivity index (χ2n) is 8.23. The van der Waals surface area contributed by atoms with Crippen molar-refractivity contribution in [3.8, 4) is 0 Å². The van der Waals surface area contributed by atoms with Crippen LogP contribution in [0.1, 0.15) is 39.3 Å². The number of rotatable bonds is 5. The van der Waals surface area contributed by atoms with Crippen LogP contribution in [-0.4, -0.2) is 60.7 Å². The van der Waals surface area contributed by atoms with E-state index in [4.69, 9.17) is 0 Å². The van der Waals surface area contributed by atoms with Crippen molar-refractivity contribution in [2.45, 2.75) is 38.0 Å². The van der Waals surface area contributed by atoms with Gasteiger partial charge in [-0.2, -0.15) is 4.31 Å². The summed E-state index contributed by atoms with van der Waals surface area (Å²) in [6, 6.07) is 7.50. The quantitative estimate of drug-likeness (QED) is 0.703. The molecule has 2 aromatic rings. The van der Waals surface area contributed by atoms with Gasteiger partial charge in [0, 0.05) is 50.2 Å². The summed E-state index contributed by atoms with van der Waals surface area (Å²) in [4.78, 5) is 15.2. The van der Waals surface area contributed by atoms with Gasteiger partial charge in [-0.25, -0.2) is 8.42 Å². The monoisotopic (exact) mass is 415 g/mol. The lowest BCUT2D eigenvalue weighted by molar-refractivity contribution is 0.0901. The Kier molecular flexibility index (Phi) is 5.40. The van der Waals surface area contributed by atoms with Crippen LogP contribution in [0.3, 0.4) is 0 Å². The summed E-state index contributed by atoms with van der Waals surface area (Å²) in [7, 11) is -1.52. The number of hydrogen-bond donors (Lipinski definition) is 0. The van der Waals surface area contributed by atoms with Gasteiger partial charge in [0.05, 0.1) is 11.4 Å². The van der Waals surface area contributed by atoms with Crippen LogP contribution in [0.15, 0.2) is 29.2 Å². The van der Waals surface area contributed by atoms with Crippen molar-refractivity contribution < 1.29 is 13.2 Å². The normalized spacial score (nSPS) is 18.2. The van der Waals surface area contributed by atoms with Gasteiger partial charge in [-0.15, -0.1) is 0 Å². The summed E-state index contributed by atoms with van der Waals surface area (Å²) in [6.07, 6.45) is 3.11. The van der Waals surface area contributed by atoms with Crippen molar-refractivity contribution in [2.24, 2.45) is 7.05 Å². The van der Waals surface area contributed by atoms with E-state index >= 15 is 0 Å². The molecule has 0 N–H and O–H groups in total.